The van der Waals surface area contributed by atoms with Crippen LogP contribution in [0.1, 0.15) is 40.9 Å². The van der Waals surface area contributed by atoms with E-state index in [9.17, 15) is 14.7 Å². The zero-order valence-corrected chi connectivity index (χ0v) is 11.3. The van der Waals surface area contributed by atoms with Gasteiger partial charge in [-0.2, -0.15) is 0 Å². The van der Waals surface area contributed by atoms with Crippen LogP contribution in [0.4, 0.5) is 0 Å². The highest BCUT2D eigenvalue weighted by molar-refractivity contribution is 5.90. The zero-order chi connectivity index (χ0) is 14.0. The molecule has 1 aliphatic rings. The van der Waals surface area contributed by atoms with Crippen molar-refractivity contribution in [1.82, 2.24) is 4.57 Å². The Morgan fingerprint density at radius 1 is 1.53 bits per heavy atom. The van der Waals surface area contributed by atoms with Crippen molar-refractivity contribution in [3.05, 3.63) is 33.2 Å². The average Bonchev–Trinajstić information content (AvgIpc) is 2.80. The van der Waals surface area contributed by atoms with Crippen LogP contribution >= 0.6 is 0 Å². The van der Waals surface area contributed by atoms with Gasteiger partial charge in [0.1, 0.15) is 0 Å². The second-order valence-electron chi connectivity index (χ2n) is 5.01. The van der Waals surface area contributed by atoms with E-state index in [1.54, 1.807) is 13.8 Å². The number of carbonyl (C=O) groups is 1. The van der Waals surface area contributed by atoms with Crippen LogP contribution < -0.4 is 5.56 Å². The number of carboxylic acids is 1. The molecule has 1 atom stereocenters. The highest BCUT2D eigenvalue weighted by Gasteiger charge is 2.18. The maximum atomic E-state index is 12.0. The van der Waals surface area contributed by atoms with Gasteiger partial charge in [-0.25, -0.2) is 4.79 Å². The smallest absolute Gasteiger partial charge is 0.337 e. The Hall–Kier alpha value is -1.62. The first-order valence-corrected chi connectivity index (χ1v) is 6.56. The van der Waals surface area contributed by atoms with Crippen LogP contribution in [0.5, 0.6) is 0 Å². The standard InChI is InChI=1S/C14H19NO4/c1-9-8-12(16)15(10(2)13(9)14(17)18)6-5-11-4-3-7-19-11/h8,11H,3-7H2,1-2H3,(H,17,18). The first-order valence-electron chi connectivity index (χ1n) is 6.56. The molecule has 1 N–H and O–H groups in total. The topological polar surface area (TPSA) is 68.5 Å². The predicted octanol–water partition coefficient (Wildman–Crippen LogP) is 1.73. The maximum Gasteiger partial charge on any atom is 0.337 e. The third kappa shape index (κ3) is 2.87. The van der Waals surface area contributed by atoms with Crippen molar-refractivity contribution in [3.63, 3.8) is 0 Å². The van der Waals surface area contributed by atoms with Gasteiger partial charge in [-0.1, -0.05) is 0 Å². The van der Waals surface area contributed by atoms with E-state index < -0.39 is 5.97 Å². The summed E-state index contributed by atoms with van der Waals surface area (Å²) in [6, 6.07) is 1.39. The Morgan fingerprint density at radius 2 is 2.26 bits per heavy atom. The molecular weight excluding hydrogens is 246 g/mol. The first-order chi connectivity index (χ1) is 9.00. The van der Waals surface area contributed by atoms with Crippen molar-refractivity contribution in [1.29, 1.82) is 0 Å². The van der Waals surface area contributed by atoms with Gasteiger partial charge in [0.25, 0.3) is 5.56 Å². The quantitative estimate of drug-likeness (QED) is 0.900. The molecule has 0 aliphatic carbocycles. The Balaban J connectivity index is 2.26. The summed E-state index contributed by atoms with van der Waals surface area (Å²) in [5.41, 5.74) is 1.13. The highest BCUT2D eigenvalue weighted by Crippen LogP contribution is 2.17. The van der Waals surface area contributed by atoms with Gasteiger partial charge in [-0.3, -0.25) is 4.79 Å². The van der Waals surface area contributed by atoms with Crippen molar-refractivity contribution in [2.45, 2.75) is 45.8 Å². The normalized spacial score (nSPS) is 18.7. The molecule has 1 saturated heterocycles. The second-order valence-corrected chi connectivity index (χ2v) is 5.01. The molecule has 0 spiro atoms. The maximum absolute atomic E-state index is 12.0. The second kappa shape index (κ2) is 5.57. The SMILES string of the molecule is Cc1cc(=O)n(CCC2CCCO2)c(C)c1C(=O)O. The molecule has 1 aliphatic heterocycles. The van der Waals surface area contributed by atoms with Crippen LogP contribution in [0.15, 0.2) is 10.9 Å². The summed E-state index contributed by atoms with van der Waals surface area (Å²) in [5, 5.41) is 9.20. The number of nitrogens with zero attached hydrogens (tertiary/aromatic N) is 1. The molecule has 2 heterocycles. The Morgan fingerprint density at radius 3 is 2.84 bits per heavy atom. The summed E-state index contributed by atoms with van der Waals surface area (Å²) in [6.07, 6.45) is 3.03. The molecule has 1 aromatic heterocycles. The Bertz CT molecular complexity index is 541. The van der Waals surface area contributed by atoms with Crippen LogP contribution in [-0.2, 0) is 11.3 Å². The van der Waals surface area contributed by atoms with Crippen molar-refractivity contribution in [2.75, 3.05) is 6.61 Å². The summed E-state index contributed by atoms with van der Waals surface area (Å²) < 4.78 is 7.06. The monoisotopic (exact) mass is 265 g/mol. The zero-order valence-electron chi connectivity index (χ0n) is 11.3. The number of aromatic nitrogens is 1. The minimum atomic E-state index is -0.985. The fraction of sp³-hybridized carbons (Fsp3) is 0.571. The first kappa shape index (κ1) is 13.8. The van der Waals surface area contributed by atoms with Gasteiger partial charge < -0.3 is 14.4 Å². The van der Waals surface area contributed by atoms with Crippen molar-refractivity contribution in [3.8, 4) is 0 Å². The van der Waals surface area contributed by atoms with Gasteiger partial charge in [0, 0.05) is 24.9 Å². The lowest BCUT2D eigenvalue weighted by atomic mass is 10.1. The summed E-state index contributed by atoms with van der Waals surface area (Å²) >= 11 is 0. The van der Waals surface area contributed by atoms with E-state index in [1.165, 1.54) is 10.6 Å². The average molecular weight is 265 g/mol. The van der Waals surface area contributed by atoms with Gasteiger partial charge in [0.2, 0.25) is 0 Å². The summed E-state index contributed by atoms with van der Waals surface area (Å²) in [4.78, 5) is 23.2. The number of ether oxygens (including phenoxy) is 1. The molecule has 0 amide bonds. The molecule has 0 aromatic carbocycles. The molecule has 5 nitrogen and oxygen atoms in total. The van der Waals surface area contributed by atoms with E-state index >= 15 is 0 Å². The minimum absolute atomic E-state index is 0.141. The fourth-order valence-electron chi connectivity index (χ4n) is 2.67. The van der Waals surface area contributed by atoms with Crippen LogP contribution in [0, 0.1) is 13.8 Å². The van der Waals surface area contributed by atoms with Crippen LogP contribution in [0.2, 0.25) is 0 Å². The van der Waals surface area contributed by atoms with Gasteiger partial charge in [-0.15, -0.1) is 0 Å². The highest BCUT2D eigenvalue weighted by atomic mass is 16.5. The fourth-order valence-corrected chi connectivity index (χ4v) is 2.67. The van der Waals surface area contributed by atoms with Crippen molar-refractivity contribution >= 4 is 5.97 Å². The number of hydrogen-bond donors (Lipinski definition) is 1. The minimum Gasteiger partial charge on any atom is -0.478 e. The van der Waals surface area contributed by atoms with Crippen LogP contribution in [-0.4, -0.2) is 28.4 Å². The number of aryl methyl sites for hydroxylation is 1. The number of aromatic carboxylic acids is 1. The van der Waals surface area contributed by atoms with E-state index in [-0.39, 0.29) is 17.2 Å². The van der Waals surface area contributed by atoms with Crippen LogP contribution in [0.25, 0.3) is 0 Å². The molecule has 2 rings (SSSR count). The number of hydrogen-bond acceptors (Lipinski definition) is 3. The lowest BCUT2D eigenvalue weighted by Gasteiger charge is -2.16. The number of carboxylic acid groups (broad SMARTS) is 1. The summed E-state index contributed by atoms with van der Waals surface area (Å²) in [6.45, 7) is 4.64. The third-order valence-electron chi connectivity index (χ3n) is 3.68. The summed E-state index contributed by atoms with van der Waals surface area (Å²) in [7, 11) is 0. The Kier molecular flexibility index (Phi) is 4.04. The van der Waals surface area contributed by atoms with E-state index in [4.69, 9.17) is 4.74 Å². The van der Waals surface area contributed by atoms with E-state index in [0.717, 1.165) is 25.9 Å². The number of rotatable bonds is 4. The molecular formula is C14H19NO4. The molecule has 104 valence electrons. The van der Waals surface area contributed by atoms with Gasteiger partial charge >= 0.3 is 5.97 Å². The van der Waals surface area contributed by atoms with Gasteiger partial charge in [0.05, 0.1) is 11.7 Å². The van der Waals surface area contributed by atoms with Gasteiger partial charge in [-0.05, 0) is 38.7 Å². The third-order valence-corrected chi connectivity index (χ3v) is 3.68. The molecule has 1 unspecified atom stereocenters. The molecule has 0 radical (unpaired) electrons. The molecule has 5 heteroatoms. The van der Waals surface area contributed by atoms with Gasteiger partial charge in [0.15, 0.2) is 0 Å². The largest absolute Gasteiger partial charge is 0.478 e. The lowest BCUT2D eigenvalue weighted by Crippen LogP contribution is -2.27. The lowest BCUT2D eigenvalue weighted by molar-refractivity contribution is 0.0693. The summed E-state index contributed by atoms with van der Waals surface area (Å²) in [5.74, 6) is -0.985. The Labute approximate surface area is 111 Å². The van der Waals surface area contributed by atoms with E-state index in [0.29, 0.717) is 17.8 Å². The number of pyridine rings is 1. The van der Waals surface area contributed by atoms with Crippen molar-refractivity contribution < 1.29 is 14.6 Å². The van der Waals surface area contributed by atoms with Crippen molar-refractivity contribution in [2.24, 2.45) is 0 Å². The molecule has 19 heavy (non-hydrogen) atoms. The van der Waals surface area contributed by atoms with E-state index in [2.05, 4.69) is 0 Å². The molecule has 1 aromatic rings. The van der Waals surface area contributed by atoms with E-state index in [1.807, 2.05) is 0 Å². The molecule has 0 bridgehead atoms. The van der Waals surface area contributed by atoms with Crippen LogP contribution in [0.3, 0.4) is 0 Å². The predicted molar refractivity (Wildman–Crippen MR) is 70.7 cm³/mol. The molecule has 1 fully saturated rings. The molecule has 0 saturated carbocycles.